The van der Waals surface area contributed by atoms with Crippen LogP contribution in [-0.2, 0) is 16.8 Å². The fourth-order valence-electron chi connectivity index (χ4n) is 3.45. The van der Waals surface area contributed by atoms with Crippen molar-refractivity contribution in [1.82, 2.24) is 15.0 Å². The van der Waals surface area contributed by atoms with Gasteiger partial charge in [-0.3, -0.25) is 4.79 Å². The number of amides is 1. The highest BCUT2D eigenvalue weighted by atomic mass is 16.5. The molecular formula is C19H25N3O3. The molecule has 1 fully saturated rings. The van der Waals surface area contributed by atoms with Gasteiger partial charge in [-0.05, 0) is 31.2 Å². The van der Waals surface area contributed by atoms with E-state index in [2.05, 4.69) is 10.1 Å². The van der Waals surface area contributed by atoms with Crippen molar-refractivity contribution in [3.8, 4) is 0 Å². The highest BCUT2D eigenvalue weighted by Crippen LogP contribution is 2.27. The van der Waals surface area contributed by atoms with Crippen molar-refractivity contribution in [2.24, 2.45) is 5.92 Å². The van der Waals surface area contributed by atoms with Crippen molar-refractivity contribution in [3.05, 3.63) is 47.6 Å². The lowest BCUT2D eigenvalue weighted by Gasteiger charge is -2.34. The number of piperidine rings is 1. The first-order chi connectivity index (χ1) is 11.9. The lowest BCUT2D eigenvalue weighted by Crippen LogP contribution is -2.43. The number of benzene rings is 1. The van der Waals surface area contributed by atoms with Crippen LogP contribution >= 0.6 is 0 Å². The van der Waals surface area contributed by atoms with Gasteiger partial charge < -0.3 is 14.5 Å². The zero-order chi connectivity index (χ0) is 17.9. The molecule has 3 rings (SSSR count). The molecule has 1 amide bonds. The predicted molar refractivity (Wildman–Crippen MR) is 92.7 cm³/mol. The van der Waals surface area contributed by atoms with E-state index in [1.165, 1.54) is 0 Å². The molecule has 6 heteroatoms. The van der Waals surface area contributed by atoms with E-state index in [9.17, 15) is 9.90 Å². The molecule has 1 aliphatic rings. The van der Waals surface area contributed by atoms with Crippen molar-refractivity contribution in [1.29, 1.82) is 0 Å². The third kappa shape index (κ3) is 4.45. The summed E-state index contributed by atoms with van der Waals surface area (Å²) in [4.78, 5) is 18.8. The molecule has 1 saturated heterocycles. The highest BCUT2D eigenvalue weighted by Gasteiger charge is 2.31. The van der Waals surface area contributed by atoms with Crippen LogP contribution < -0.4 is 0 Å². The fourth-order valence-corrected chi connectivity index (χ4v) is 3.45. The number of rotatable bonds is 5. The van der Waals surface area contributed by atoms with Gasteiger partial charge in [-0.2, -0.15) is 4.98 Å². The van der Waals surface area contributed by atoms with Gasteiger partial charge in [0.05, 0.1) is 12.0 Å². The number of aromatic nitrogens is 2. The summed E-state index contributed by atoms with van der Waals surface area (Å²) >= 11 is 0. The number of carbonyl (C=O) groups excluding carboxylic acids is 1. The Morgan fingerprint density at radius 2 is 2.16 bits per heavy atom. The zero-order valence-electron chi connectivity index (χ0n) is 14.8. The Hall–Kier alpha value is -2.21. The average molecular weight is 343 g/mol. The molecule has 2 atom stereocenters. The Kier molecular flexibility index (Phi) is 5.18. The third-order valence-electron chi connectivity index (χ3n) is 4.80. The molecule has 0 saturated carbocycles. The summed E-state index contributed by atoms with van der Waals surface area (Å²) in [7, 11) is 0. The lowest BCUT2D eigenvalue weighted by atomic mass is 9.90. The first-order valence-electron chi connectivity index (χ1n) is 8.79. The van der Waals surface area contributed by atoms with Crippen LogP contribution in [0, 0.1) is 12.8 Å². The van der Waals surface area contributed by atoms with Gasteiger partial charge in [-0.15, -0.1) is 0 Å². The summed E-state index contributed by atoms with van der Waals surface area (Å²) in [6, 6.07) is 9.35. The van der Waals surface area contributed by atoms with Crippen LogP contribution in [0.1, 0.15) is 43.5 Å². The molecule has 1 N–H and O–H groups in total. The first-order valence-corrected chi connectivity index (χ1v) is 8.79. The fraction of sp³-hybridized carbons (Fsp3) is 0.526. The maximum atomic E-state index is 12.7. The number of hydrogen-bond acceptors (Lipinski definition) is 5. The molecule has 0 bridgehead atoms. The van der Waals surface area contributed by atoms with Crippen LogP contribution in [0.25, 0.3) is 0 Å². The van der Waals surface area contributed by atoms with Gasteiger partial charge >= 0.3 is 0 Å². The summed E-state index contributed by atoms with van der Waals surface area (Å²) < 4.78 is 5.02. The Bertz CT molecular complexity index is 712. The van der Waals surface area contributed by atoms with Crippen LogP contribution in [0.5, 0.6) is 0 Å². The summed E-state index contributed by atoms with van der Waals surface area (Å²) in [5.74, 6) is 1.59. The van der Waals surface area contributed by atoms with Crippen LogP contribution in [-0.4, -0.2) is 39.1 Å². The maximum absolute atomic E-state index is 12.7. The Morgan fingerprint density at radius 1 is 1.40 bits per heavy atom. The monoisotopic (exact) mass is 343 g/mol. The zero-order valence-corrected chi connectivity index (χ0v) is 14.8. The summed E-state index contributed by atoms with van der Waals surface area (Å²) in [5.41, 5.74) is -0.394. The Balaban J connectivity index is 1.60. The predicted octanol–water partition coefficient (Wildman–Crippen LogP) is 2.46. The molecule has 1 aromatic heterocycles. The van der Waals surface area contributed by atoms with Gasteiger partial charge in [0.2, 0.25) is 11.8 Å². The van der Waals surface area contributed by atoms with E-state index in [-0.39, 0.29) is 12.3 Å². The second-order valence-electron chi connectivity index (χ2n) is 7.10. The van der Waals surface area contributed by atoms with Crippen LogP contribution in [0.15, 0.2) is 34.9 Å². The van der Waals surface area contributed by atoms with E-state index in [1.807, 2.05) is 35.2 Å². The van der Waals surface area contributed by atoms with E-state index < -0.39 is 5.60 Å². The number of hydrogen-bond donors (Lipinski definition) is 1. The second-order valence-corrected chi connectivity index (χ2v) is 7.10. The van der Waals surface area contributed by atoms with E-state index in [0.717, 1.165) is 31.4 Å². The molecule has 25 heavy (non-hydrogen) atoms. The minimum atomic E-state index is -1.16. The summed E-state index contributed by atoms with van der Waals surface area (Å²) in [6.45, 7) is 4.89. The number of aliphatic hydroxyl groups is 1. The van der Waals surface area contributed by atoms with Crippen molar-refractivity contribution in [2.75, 3.05) is 13.1 Å². The van der Waals surface area contributed by atoms with Crippen molar-refractivity contribution < 1.29 is 14.4 Å². The normalized spacial score (nSPS) is 20.3. The van der Waals surface area contributed by atoms with E-state index in [1.54, 1.807) is 13.8 Å². The molecule has 1 aliphatic heterocycles. The number of nitrogens with zero attached hydrogens (tertiary/aromatic N) is 3. The van der Waals surface area contributed by atoms with Crippen molar-refractivity contribution >= 4 is 5.91 Å². The van der Waals surface area contributed by atoms with Gasteiger partial charge in [-0.25, -0.2) is 0 Å². The maximum Gasteiger partial charge on any atom is 0.225 e. The lowest BCUT2D eigenvalue weighted by molar-refractivity contribution is -0.138. The van der Waals surface area contributed by atoms with Crippen LogP contribution in [0.2, 0.25) is 0 Å². The SMILES string of the molecule is Cc1nc(CC2CCCN(C(=O)CC(C)(O)c3ccccc3)C2)no1. The topological polar surface area (TPSA) is 79.5 Å². The van der Waals surface area contributed by atoms with Gasteiger partial charge in [0, 0.05) is 26.4 Å². The standard InChI is InChI=1S/C19H25N3O3/c1-14-20-17(21-25-14)11-15-7-6-10-22(13-15)18(23)12-19(2,24)16-8-4-3-5-9-16/h3-5,8-9,15,24H,6-7,10-13H2,1-2H3. The molecular weight excluding hydrogens is 318 g/mol. The molecule has 0 spiro atoms. The molecule has 6 nitrogen and oxygen atoms in total. The van der Waals surface area contributed by atoms with Crippen molar-refractivity contribution in [3.63, 3.8) is 0 Å². The smallest absolute Gasteiger partial charge is 0.225 e. The van der Waals surface area contributed by atoms with E-state index in [0.29, 0.717) is 24.2 Å². The molecule has 0 radical (unpaired) electrons. The van der Waals surface area contributed by atoms with Gasteiger partial charge in [0.25, 0.3) is 0 Å². The Labute approximate surface area is 147 Å². The van der Waals surface area contributed by atoms with Crippen LogP contribution in [0.3, 0.4) is 0 Å². The Morgan fingerprint density at radius 3 is 2.84 bits per heavy atom. The average Bonchev–Trinajstić information content (AvgIpc) is 3.00. The number of aryl methyl sites for hydroxylation is 1. The number of likely N-dealkylation sites (tertiary alicyclic amines) is 1. The number of carbonyl (C=O) groups is 1. The second kappa shape index (κ2) is 7.35. The van der Waals surface area contributed by atoms with Gasteiger partial charge in [0.15, 0.2) is 5.82 Å². The minimum Gasteiger partial charge on any atom is -0.385 e. The molecule has 2 aromatic rings. The highest BCUT2D eigenvalue weighted by molar-refractivity contribution is 5.77. The first kappa shape index (κ1) is 17.6. The molecule has 2 unspecified atom stereocenters. The summed E-state index contributed by atoms with van der Waals surface area (Å²) in [5, 5.41) is 14.7. The summed E-state index contributed by atoms with van der Waals surface area (Å²) in [6.07, 6.45) is 2.81. The van der Waals surface area contributed by atoms with Crippen molar-refractivity contribution in [2.45, 2.75) is 45.1 Å². The quantitative estimate of drug-likeness (QED) is 0.902. The third-order valence-corrected chi connectivity index (χ3v) is 4.80. The molecule has 1 aromatic carbocycles. The molecule has 0 aliphatic carbocycles. The van der Waals surface area contributed by atoms with E-state index in [4.69, 9.17) is 4.52 Å². The van der Waals surface area contributed by atoms with Gasteiger partial charge in [-0.1, -0.05) is 35.5 Å². The molecule has 134 valence electrons. The van der Waals surface area contributed by atoms with Gasteiger partial charge in [0.1, 0.15) is 0 Å². The molecule has 2 heterocycles. The minimum absolute atomic E-state index is 0.0113. The van der Waals surface area contributed by atoms with Crippen LogP contribution in [0.4, 0.5) is 0 Å². The largest absolute Gasteiger partial charge is 0.385 e. The van der Waals surface area contributed by atoms with E-state index >= 15 is 0 Å².